The number of likely N-dealkylation sites (N-methyl/N-ethyl adjacent to an activating group) is 1. The Bertz CT molecular complexity index is 643. The van der Waals surface area contributed by atoms with Gasteiger partial charge in [0.2, 0.25) is 0 Å². The minimum atomic E-state index is -1.26. The van der Waals surface area contributed by atoms with Crippen LogP contribution in [0.15, 0.2) is 12.2 Å². The fraction of sp³-hybridized carbons (Fsp3) is 0.684. The van der Waals surface area contributed by atoms with Crippen molar-refractivity contribution in [2.75, 3.05) is 33.8 Å². The number of hydrogen-bond acceptors (Lipinski definition) is 7. The van der Waals surface area contributed by atoms with Gasteiger partial charge in [-0.3, -0.25) is 0 Å². The first-order valence-electron chi connectivity index (χ1n) is 9.32. The first-order valence-corrected chi connectivity index (χ1v) is 9.32. The summed E-state index contributed by atoms with van der Waals surface area (Å²) in [4.78, 5) is 46.1. The molecule has 10 nitrogen and oxygen atoms in total. The van der Waals surface area contributed by atoms with Gasteiger partial charge >= 0.3 is 24.1 Å². The van der Waals surface area contributed by atoms with Crippen molar-refractivity contribution in [3.8, 4) is 0 Å². The second kappa shape index (κ2) is 10.2. The number of imide groups is 1. The summed E-state index contributed by atoms with van der Waals surface area (Å²) in [5.74, 6) is -2.51. The third-order valence-electron chi connectivity index (χ3n) is 4.61. The van der Waals surface area contributed by atoms with Crippen molar-refractivity contribution in [1.82, 2.24) is 9.80 Å². The van der Waals surface area contributed by atoms with Crippen LogP contribution in [0.2, 0.25) is 0 Å². The van der Waals surface area contributed by atoms with Crippen molar-refractivity contribution in [3.05, 3.63) is 12.2 Å². The SMILES string of the molecule is CN(C)CCOC(=O)N1CC2(CCCC(C)(C)C2)OC1=O.O=C(O)/C=C/C(=O)O. The van der Waals surface area contributed by atoms with E-state index >= 15 is 0 Å². The van der Waals surface area contributed by atoms with Crippen molar-refractivity contribution >= 4 is 24.1 Å². The van der Waals surface area contributed by atoms with E-state index in [2.05, 4.69) is 13.8 Å². The monoisotopic (exact) mass is 414 g/mol. The normalized spacial score (nSPS) is 22.9. The number of ether oxygens (including phenoxy) is 2. The quantitative estimate of drug-likeness (QED) is 0.649. The van der Waals surface area contributed by atoms with Gasteiger partial charge in [-0.2, -0.15) is 0 Å². The highest BCUT2D eigenvalue weighted by molar-refractivity contribution is 5.90. The van der Waals surface area contributed by atoms with Gasteiger partial charge in [-0.05, 0) is 45.2 Å². The second-order valence-corrected chi connectivity index (χ2v) is 8.26. The summed E-state index contributed by atoms with van der Waals surface area (Å²) in [6.07, 6.45) is 3.72. The standard InChI is InChI=1S/C15H26N2O4.C4H4O4/c1-14(2)6-5-7-15(10-14)11-17(13(19)21-15)12(18)20-9-8-16(3)4;5-3(6)1-2-4(7)8/h5-11H2,1-4H3;1-2H,(H,5,6)(H,7,8)/b;2-1+. The van der Waals surface area contributed by atoms with Crippen LogP contribution in [0.1, 0.15) is 39.5 Å². The highest BCUT2D eigenvalue weighted by Crippen LogP contribution is 2.45. The van der Waals surface area contributed by atoms with Crippen LogP contribution < -0.4 is 0 Å². The molecular weight excluding hydrogens is 384 g/mol. The van der Waals surface area contributed by atoms with E-state index in [-0.39, 0.29) is 12.0 Å². The summed E-state index contributed by atoms with van der Waals surface area (Å²) >= 11 is 0. The Kier molecular flexibility index (Phi) is 8.62. The maximum absolute atomic E-state index is 12.0. The van der Waals surface area contributed by atoms with Gasteiger partial charge in [-0.1, -0.05) is 13.8 Å². The molecule has 1 atom stereocenters. The molecule has 2 fully saturated rings. The van der Waals surface area contributed by atoms with E-state index < -0.39 is 29.7 Å². The summed E-state index contributed by atoms with van der Waals surface area (Å²) < 4.78 is 10.7. The first-order chi connectivity index (χ1) is 13.4. The maximum Gasteiger partial charge on any atom is 0.420 e. The smallest absolute Gasteiger partial charge is 0.420 e. The molecule has 29 heavy (non-hydrogen) atoms. The van der Waals surface area contributed by atoms with E-state index in [0.29, 0.717) is 25.2 Å². The van der Waals surface area contributed by atoms with Gasteiger partial charge in [0.25, 0.3) is 0 Å². The Labute approximate surface area is 170 Å². The number of rotatable bonds is 5. The zero-order valence-corrected chi connectivity index (χ0v) is 17.3. The number of carbonyl (C=O) groups is 4. The summed E-state index contributed by atoms with van der Waals surface area (Å²) in [6, 6.07) is 0. The predicted molar refractivity (Wildman–Crippen MR) is 102 cm³/mol. The molecule has 1 aliphatic heterocycles. The number of carboxylic acid groups (broad SMARTS) is 2. The third-order valence-corrected chi connectivity index (χ3v) is 4.61. The minimum Gasteiger partial charge on any atom is -0.478 e. The average Bonchev–Trinajstić information content (AvgIpc) is 2.87. The number of amides is 2. The van der Waals surface area contributed by atoms with E-state index in [1.165, 1.54) is 0 Å². The molecular formula is C19H30N2O8. The molecule has 2 rings (SSSR count). The summed E-state index contributed by atoms with van der Waals surface area (Å²) in [5, 5.41) is 15.6. The lowest BCUT2D eigenvalue weighted by Crippen LogP contribution is -2.43. The molecule has 1 heterocycles. The number of nitrogens with zero attached hydrogens (tertiary/aromatic N) is 2. The molecule has 0 radical (unpaired) electrons. The Hall–Kier alpha value is -2.62. The van der Waals surface area contributed by atoms with Gasteiger partial charge in [-0.25, -0.2) is 24.1 Å². The van der Waals surface area contributed by atoms with Crippen molar-refractivity contribution < 1.29 is 38.9 Å². The van der Waals surface area contributed by atoms with Crippen LogP contribution in [-0.4, -0.2) is 83.5 Å². The van der Waals surface area contributed by atoms with Crippen LogP contribution in [0, 0.1) is 5.41 Å². The van der Waals surface area contributed by atoms with E-state index in [0.717, 1.165) is 30.6 Å². The van der Waals surface area contributed by atoms with Crippen LogP contribution in [-0.2, 0) is 19.1 Å². The zero-order chi connectivity index (χ0) is 22.2. The van der Waals surface area contributed by atoms with Gasteiger partial charge in [0, 0.05) is 18.7 Å². The van der Waals surface area contributed by atoms with Gasteiger partial charge in [0.05, 0.1) is 6.54 Å². The maximum atomic E-state index is 12.0. The molecule has 10 heteroatoms. The number of carboxylic acids is 2. The van der Waals surface area contributed by atoms with Crippen LogP contribution >= 0.6 is 0 Å². The van der Waals surface area contributed by atoms with Gasteiger partial charge in [0.15, 0.2) is 0 Å². The zero-order valence-electron chi connectivity index (χ0n) is 17.3. The Morgan fingerprint density at radius 1 is 1.17 bits per heavy atom. The fourth-order valence-electron chi connectivity index (χ4n) is 3.46. The van der Waals surface area contributed by atoms with Crippen LogP contribution in [0.5, 0.6) is 0 Å². The van der Waals surface area contributed by atoms with Crippen LogP contribution in [0.4, 0.5) is 9.59 Å². The Morgan fingerprint density at radius 3 is 2.24 bits per heavy atom. The van der Waals surface area contributed by atoms with Gasteiger partial charge < -0.3 is 24.6 Å². The average molecular weight is 414 g/mol. The van der Waals surface area contributed by atoms with E-state index in [9.17, 15) is 19.2 Å². The first kappa shape index (κ1) is 24.4. The minimum absolute atomic E-state index is 0.142. The molecule has 0 aromatic heterocycles. The number of carbonyl (C=O) groups excluding carboxylic acids is 2. The molecule has 0 bridgehead atoms. The molecule has 2 aliphatic rings. The lowest BCUT2D eigenvalue weighted by atomic mass is 9.70. The van der Waals surface area contributed by atoms with E-state index in [1.54, 1.807) is 0 Å². The van der Waals surface area contributed by atoms with Gasteiger partial charge in [0.1, 0.15) is 12.2 Å². The summed E-state index contributed by atoms with van der Waals surface area (Å²) in [7, 11) is 3.80. The molecule has 1 spiro atoms. The van der Waals surface area contributed by atoms with Gasteiger partial charge in [-0.15, -0.1) is 0 Å². The molecule has 1 aliphatic carbocycles. The Balaban J connectivity index is 0.000000447. The summed E-state index contributed by atoms with van der Waals surface area (Å²) in [6.45, 7) is 5.58. The second-order valence-electron chi connectivity index (χ2n) is 8.26. The summed E-state index contributed by atoms with van der Waals surface area (Å²) in [5.41, 5.74) is -0.372. The van der Waals surface area contributed by atoms with Crippen molar-refractivity contribution in [2.24, 2.45) is 5.41 Å². The molecule has 0 aromatic rings. The molecule has 164 valence electrons. The molecule has 1 unspecified atom stereocenters. The number of aliphatic carboxylic acids is 2. The molecule has 1 saturated carbocycles. The predicted octanol–water partition coefficient (Wildman–Crippen LogP) is 2.19. The van der Waals surface area contributed by atoms with Crippen molar-refractivity contribution in [2.45, 2.75) is 45.1 Å². The highest BCUT2D eigenvalue weighted by Gasteiger charge is 2.52. The lowest BCUT2D eigenvalue weighted by Gasteiger charge is -2.40. The van der Waals surface area contributed by atoms with Crippen molar-refractivity contribution in [1.29, 1.82) is 0 Å². The van der Waals surface area contributed by atoms with Crippen molar-refractivity contribution in [3.63, 3.8) is 0 Å². The Morgan fingerprint density at radius 2 is 1.76 bits per heavy atom. The van der Waals surface area contributed by atoms with E-state index in [1.807, 2.05) is 19.0 Å². The molecule has 0 aromatic carbocycles. The largest absolute Gasteiger partial charge is 0.478 e. The molecule has 2 amide bonds. The van der Waals surface area contributed by atoms with Crippen LogP contribution in [0.3, 0.4) is 0 Å². The van der Waals surface area contributed by atoms with E-state index in [4.69, 9.17) is 19.7 Å². The lowest BCUT2D eigenvalue weighted by molar-refractivity contribution is -0.134. The highest BCUT2D eigenvalue weighted by atomic mass is 16.6. The van der Waals surface area contributed by atoms with Crippen LogP contribution in [0.25, 0.3) is 0 Å². The topological polar surface area (TPSA) is 134 Å². The molecule has 2 N–H and O–H groups in total. The fourth-order valence-corrected chi connectivity index (χ4v) is 3.46. The third kappa shape index (κ3) is 8.51. The number of hydrogen-bond donors (Lipinski definition) is 2. The molecule has 1 saturated heterocycles.